The van der Waals surface area contributed by atoms with Crippen molar-refractivity contribution >= 4 is 5.84 Å². The lowest BCUT2D eigenvalue weighted by Gasteiger charge is -2.13. The summed E-state index contributed by atoms with van der Waals surface area (Å²) in [6.07, 6.45) is 3.14. The van der Waals surface area contributed by atoms with E-state index in [9.17, 15) is 0 Å². The summed E-state index contributed by atoms with van der Waals surface area (Å²) in [5, 5.41) is 11.5. The van der Waals surface area contributed by atoms with E-state index in [-0.39, 0.29) is 11.9 Å². The van der Waals surface area contributed by atoms with Crippen molar-refractivity contribution in [3.8, 4) is 5.75 Å². The van der Waals surface area contributed by atoms with Gasteiger partial charge in [0.15, 0.2) is 0 Å². The molecule has 19 heavy (non-hydrogen) atoms. The number of hydrogen-bond acceptors (Lipinski definition) is 4. The Morgan fingerprint density at radius 1 is 1.42 bits per heavy atom. The molecule has 1 saturated heterocycles. The van der Waals surface area contributed by atoms with Crippen molar-refractivity contribution in [3.63, 3.8) is 0 Å². The molecule has 0 bridgehead atoms. The fraction of sp³-hybridized carbons (Fsp3) is 0.500. The van der Waals surface area contributed by atoms with E-state index in [1.54, 1.807) is 0 Å². The minimum absolute atomic E-state index is 0.196. The molecular formula is C14H20N2O3. The standard InChI is InChI=1S/C14H20N2O3/c1-10-2-5-13(19-10)9-18-12-6-3-11(4-7-12)8-14(15)16-17/h3-4,6-7,10,13,17H,2,5,8-9H2,1H3,(H2,15,16). The van der Waals surface area contributed by atoms with Crippen molar-refractivity contribution in [1.29, 1.82) is 0 Å². The molecule has 2 rings (SSSR count). The summed E-state index contributed by atoms with van der Waals surface area (Å²) in [5.74, 6) is 1.01. The van der Waals surface area contributed by atoms with Crippen molar-refractivity contribution in [3.05, 3.63) is 29.8 Å². The van der Waals surface area contributed by atoms with Crippen LogP contribution in [0.3, 0.4) is 0 Å². The molecule has 1 aliphatic rings. The number of amidine groups is 1. The second kappa shape index (κ2) is 6.43. The van der Waals surface area contributed by atoms with Gasteiger partial charge in [-0.2, -0.15) is 0 Å². The third-order valence-electron chi connectivity index (χ3n) is 3.19. The zero-order valence-electron chi connectivity index (χ0n) is 11.1. The predicted octanol–water partition coefficient (Wildman–Crippen LogP) is 1.92. The summed E-state index contributed by atoms with van der Waals surface area (Å²) >= 11 is 0. The Morgan fingerprint density at radius 2 is 2.16 bits per heavy atom. The average molecular weight is 264 g/mol. The monoisotopic (exact) mass is 264 g/mol. The van der Waals surface area contributed by atoms with Gasteiger partial charge in [0.25, 0.3) is 0 Å². The van der Waals surface area contributed by atoms with Gasteiger partial charge < -0.3 is 20.4 Å². The molecule has 0 aromatic heterocycles. The van der Waals surface area contributed by atoms with Crippen LogP contribution in [0.4, 0.5) is 0 Å². The van der Waals surface area contributed by atoms with E-state index < -0.39 is 0 Å². The number of oxime groups is 1. The third kappa shape index (κ3) is 4.13. The summed E-state index contributed by atoms with van der Waals surface area (Å²) in [5.41, 5.74) is 6.43. The molecule has 5 nitrogen and oxygen atoms in total. The van der Waals surface area contributed by atoms with Crippen molar-refractivity contribution in [2.45, 2.75) is 38.4 Å². The summed E-state index contributed by atoms with van der Waals surface area (Å²) in [7, 11) is 0. The molecule has 1 fully saturated rings. The maximum absolute atomic E-state index is 8.50. The average Bonchev–Trinajstić information content (AvgIpc) is 2.83. The lowest BCUT2D eigenvalue weighted by atomic mass is 10.1. The van der Waals surface area contributed by atoms with Crippen LogP contribution in [0.2, 0.25) is 0 Å². The van der Waals surface area contributed by atoms with Gasteiger partial charge in [0.2, 0.25) is 0 Å². The van der Waals surface area contributed by atoms with Gasteiger partial charge in [-0.3, -0.25) is 0 Å². The van der Waals surface area contributed by atoms with E-state index in [1.165, 1.54) is 0 Å². The zero-order chi connectivity index (χ0) is 13.7. The molecule has 0 radical (unpaired) electrons. The maximum Gasteiger partial charge on any atom is 0.143 e. The van der Waals surface area contributed by atoms with Gasteiger partial charge in [0.05, 0.1) is 12.2 Å². The van der Waals surface area contributed by atoms with Gasteiger partial charge >= 0.3 is 0 Å². The summed E-state index contributed by atoms with van der Waals surface area (Å²) in [6, 6.07) is 7.59. The number of ether oxygens (including phenoxy) is 2. The Kier molecular flexibility index (Phi) is 4.63. The number of nitrogens with zero attached hydrogens (tertiary/aromatic N) is 1. The van der Waals surface area contributed by atoms with Gasteiger partial charge in [0.1, 0.15) is 18.2 Å². The SMILES string of the molecule is CC1CCC(COc2ccc(C/C(N)=N/O)cc2)O1. The lowest BCUT2D eigenvalue weighted by Crippen LogP contribution is -2.18. The van der Waals surface area contributed by atoms with Crippen LogP contribution >= 0.6 is 0 Å². The molecule has 0 aliphatic carbocycles. The first-order valence-corrected chi connectivity index (χ1v) is 6.51. The van der Waals surface area contributed by atoms with E-state index in [4.69, 9.17) is 20.4 Å². The third-order valence-corrected chi connectivity index (χ3v) is 3.19. The number of nitrogens with two attached hydrogens (primary N) is 1. The summed E-state index contributed by atoms with van der Waals surface area (Å²) in [4.78, 5) is 0. The predicted molar refractivity (Wildman–Crippen MR) is 72.6 cm³/mol. The van der Waals surface area contributed by atoms with Gasteiger partial charge in [-0.25, -0.2) is 0 Å². The molecule has 0 spiro atoms. The van der Waals surface area contributed by atoms with Crippen LogP contribution in [-0.2, 0) is 11.2 Å². The van der Waals surface area contributed by atoms with E-state index in [2.05, 4.69) is 12.1 Å². The summed E-state index contributed by atoms with van der Waals surface area (Å²) < 4.78 is 11.4. The van der Waals surface area contributed by atoms with Crippen molar-refractivity contribution in [2.24, 2.45) is 10.9 Å². The van der Waals surface area contributed by atoms with Gasteiger partial charge in [0, 0.05) is 6.42 Å². The Morgan fingerprint density at radius 3 is 2.74 bits per heavy atom. The molecule has 0 saturated carbocycles. The van der Waals surface area contributed by atoms with Gasteiger partial charge in [-0.15, -0.1) is 0 Å². The first kappa shape index (κ1) is 13.7. The maximum atomic E-state index is 8.50. The molecule has 1 aliphatic heterocycles. The van der Waals surface area contributed by atoms with Gasteiger partial charge in [-0.1, -0.05) is 17.3 Å². The second-order valence-electron chi connectivity index (χ2n) is 4.87. The van der Waals surface area contributed by atoms with Crippen LogP contribution in [0.25, 0.3) is 0 Å². The molecule has 2 atom stereocenters. The molecule has 3 N–H and O–H groups in total. The minimum Gasteiger partial charge on any atom is -0.491 e. The highest BCUT2D eigenvalue weighted by Crippen LogP contribution is 2.20. The van der Waals surface area contributed by atoms with E-state index in [0.717, 1.165) is 24.2 Å². The molecule has 2 unspecified atom stereocenters. The Bertz CT molecular complexity index is 431. The van der Waals surface area contributed by atoms with Gasteiger partial charge in [-0.05, 0) is 37.5 Å². The highest BCUT2D eigenvalue weighted by molar-refractivity contribution is 5.82. The normalized spacial score (nSPS) is 23.5. The highest BCUT2D eigenvalue weighted by Gasteiger charge is 2.22. The highest BCUT2D eigenvalue weighted by atomic mass is 16.5. The molecule has 104 valence electrons. The first-order chi connectivity index (χ1) is 9.17. The molecule has 1 heterocycles. The Labute approximate surface area is 113 Å². The number of hydrogen-bond donors (Lipinski definition) is 2. The van der Waals surface area contributed by atoms with Crippen LogP contribution in [0.15, 0.2) is 29.4 Å². The van der Waals surface area contributed by atoms with E-state index in [0.29, 0.717) is 19.1 Å². The van der Waals surface area contributed by atoms with Crippen LogP contribution in [-0.4, -0.2) is 29.9 Å². The Balaban J connectivity index is 1.81. The fourth-order valence-electron chi connectivity index (χ4n) is 2.15. The number of rotatable bonds is 5. The lowest BCUT2D eigenvalue weighted by molar-refractivity contribution is 0.0264. The fourth-order valence-corrected chi connectivity index (χ4v) is 2.15. The van der Waals surface area contributed by atoms with Crippen LogP contribution in [0, 0.1) is 0 Å². The molecule has 5 heteroatoms. The number of benzene rings is 1. The van der Waals surface area contributed by atoms with Crippen LogP contribution < -0.4 is 10.5 Å². The smallest absolute Gasteiger partial charge is 0.143 e. The second-order valence-corrected chi connectivity index (χ2v) is 4.87. The van der Waals surface area contributed by atoms with Crippen molar-refractivity contribution < 1.29 is 14.7 Å². The van der Waals surface area contributed by atoms with Crippen molar-refractivity contribution in [2.75, 3.05) is 6.61 Å². The molecule has 1 aromatic rings. The van der Waals surface area contributed by atoms with E-state index >= 15 is 0 Å². The Hall–Kier alpha value is -1.75. The quantitative estimate of drug-likeness (QED) is 0.369. The van der Waals surface area contributed by atoms with Crippen LogP contribution in [0.5, 0.6) is 5.75 Å². The first-order valence-electron chi connectivity index (χ1n) is 6.51. The molecule has 0 amide bonds. The minimum atomic E-state index is 0.196. The summed E-state index contributed by atoms with van der Waals surface area (Å²) in [6.45, 7) is 2.67. The topological polar surface area (TPSA) is 77.1 Å². The van der Waals surface area contributed by atoms with Crippen molar-refractivity contribution in [1.82, 2.24) is 0 Å². The largest absolute Gasteiger partial charge is 0.491 e. The van der Waals surface area contributed by atoms with Crippen LogP contribution in [0.1, 0.15) is 25.3 Å². The molecule has 1 aromatic carbocycles. The zero-order valence-corrected chi connectivity index (χ0v) is 11.1. The van der Waals surface area contributed by atoms with E-state index in [1.807, 2.05) is 24.3 Å². The molecular weight excluding hydrogens is 244 g/mol.